The lowest BCUT2D eigenvalue weighted by Crippen LogP contribution is -2.11. The van der Waals surface area contributed by atoms with Crippen molar-refractivity contribution in [2.45, 2.75) is 6.23 Å². The molecule has 8 heteroatoms. The Kier molecular flexibility index (Phi) is 4.65. The summed E-state index contributed by atoms with van der Waals surface area (Å²) < 4.78 is 19.5. The first kappa shape index (κ1) is 17.7. The van der Waals surface area contributed by atoms with Crippen molar-refractivity contribution in [3.63, 3.8) is 0 Å². The van der Waals surface area contributed by atoms with E-state index in [0.717, 1.165) is 0 Å². The third-order valence-electron chi connectivity index (χ3n) is 3.97. The van der Waals surface area contributed by atoms with Gasteiger partial charge in [0, 0.05) is 17.0 Å². The van der Waals surface area contributed by atoms with Gasteiger partial charge in [-0.15, -0.1) is 11.3 Å². The van der Waals surface area contributed by atoms with Gasteiger partial charge < -0.3 is 14.8 Å². The topological polar surface area (TPSA) is 75.4 Å². The molecule has 136 valence electrons. The molecule has 0 aliphatic carbocycles. The van der Waals surface area contributed by atoms with Crippen molar-refractivity contribution in [3.05, 3.63) is 80.1 Å². The fourth-order valence-corrected chi connectivity index (χ4v) is 3.47. The van der Waals surface area contributed by atoms with Gasteiger partial charge in [-0.3, -0.25) is 4.79 Å². The highest BCUT2D eigenvalue weighted by atomic mass is 35.5. The molecule has 0 radical (unpaired) electrons. The molecule has 5 nitrogen and oxygen atoms in total. The number of benzene rings is 2. The van der Waals surface area contributed by atoms with E-state index in [1.54, 1.807) is 29.1 Å². The summed E-state index contributed by atoms with van der Waals surface area (Å²) in [6.07, 6.45) is -1.08. The van der Waals surface area contributed by atoms with E-state index < -0.39 is 12.0 Å². The monoisotopic (exact) mass is 402 g/mol. The molecule has 1 atom stereocenters. The van der Waals surface area contributed by atoms with Crippen LogP contribution in [0.3, 0.4) is 0 Å². The average molecular weight is 403 g/mol. The van der Waals surface area contributed by atoms with Crippen LogP contribution < -0.4 is 10.7 Å². The molecule has 0 saturated carbocycles. The van der Waals surface area contributed by atoms with Gasteiger partial charge in [0.2, 0.25) is 0 Å². The molecular formula is C19H12ClFN2O3S. The Hall–Kier alpha value is -2.74. The van der Waals surface area contributed by atoms with Crippen LogP contribution in [0.2, 0.25) is 5.02 Å². The van der Waals surface area contributed by atoms with E-state index in [1.165, 1.54) is 35.6 Å². The Bertz CT molecular complexity index is 1180. The van der Waals surface area contributed by atoms with Crippen LogP contribution in [-0.4, -0.2) is 10.1 Å². The lowest BCUT2D eigenvalue weighted by atomic mass is 10.1. The number of thiazole rings is 1. The summed E-state index contributed by atoms with van der Waals surface area (Å²) in [5, 5.41) is 15.5. The molecule has 27 heavy (non-hydrogen) atoms. The zero-order chi connectivity index (χ0) is 19.0. The zero-order valence-corrected chi connectivity index (χ0v) is 15.2. The molecule has 1 unspecified atom stereocenters. The predicted molar refractivity (Wildman–Crippen MR) is 104 cm³/mol. The molecule has 0 fully saturated rings. The lowest BCUT2D eigenvalue weighted by Gasteiger charge is -2.14. The number of fused-ring (bicyclic) bond motifs is 1. The predicted octanol–water partition coefficient (Wildman–Crippen LogP) is 4.81. The van der Waals surface area contributed by atoms with Crippen molar-refractivity contribution in [1.29, 1.82) is 0 Å². The molecule has 2 aromatic carbocycles. The van der Waals surface area contributed by atoms with Crippen LogP contribution in [0, 0.1) is 5.82 Å². The summed E-state index contributed by atoms with van der Waals surface area (Å²) in [6, 6.07) is 10.0. The molecule has 0 bridgehead atoms. The molecule has 0 amide bonds. The second-order valence-corrected chi connectivity index (χ2v) is 6.87. The molecule has 0 saturated heterocycles. The van der Waals surface area contributed by atoms with Crippen LogP contribution in [0.15, 0.2) is 62.6 Å². The van der Waals surface area contributed by atoms with Gasteiger partial charge in [0.15, 0.2) is 17.2 Å². The van der Waals surface area contributed by atoms with E-state index in [-0.39, 0.29) is 27.4 Å². The van der Waals surface area contributed by atoms with Crippen LogP contribution in [-0.2, 0) is 0 Å². The number of para-hydroxylation sites is 1. The van der Waals surface area contributed by atoms with E-state index in [4.69, 9.17) is 16.0 Å². The van der Waals surface area contributed by atoms with Gasteiger partial charge in [0.1, 0.15) is 17.3 Å². The fraction of sp³-hybridized carbons (Fsp3) is 0.0526. The molecule has 0 aliphatic heterocycles. The van der Waals surface area contributed by atoms with Crippen molar-refractivity contribution in [2.24, 2.45) is 0 Å². The maximum Gasteiger partial charge on any atom is 0.193 e. The molecule has 2 aromatic heterocycles. The number of aromatic nitrogens is 1. The molecule has 4 aromatic rings. The molecule has 2 heterocycles. The van der Waals surface area contributed by atoms with E-state index in [9.17, 15) is 14.3 Å². The molecule has 0 aliphatic rings. The number of hydrogen-bond donors (Lipinski definition) is 2. The van der Waals surface area contributed by atoms with E-state index in [0.29, 0.717) is 16.8 Å². The normalized spacial score (nSPS) is 12.3. The Morgan fingerprint density at radius 1 is 1.26 bits per heavy atom. The maximum atomic E-state index is 13.6. The van der Waals surface area contributed by atoms with Crippen molar-refractivity contribution < 1.29 is 13.9 Å². The van der Waals surface area contributed by atoms with E-state index in [2.05, 4.69) is 10.3 Å². The summed E-state index contributed by atoms with van der Waals surface area (Å²) in [7, 11) is 0. The van der Waals surface area contributed by atoms with Crippen LogP contribution in [0.4, 0.5) is 10.1 Å². The van der Waals surface area contributed by atoms with Gasteiger partial charge in [-0.05, 0) is 30.3 Å². The number of hydrogen-bond acceptors (Lipinski definition) is 6. The number of rotatable bonds is 4. The lowest BCUT2D eigenvalue weighted by molar-refractivity contribution is 0.204. The number of aliphatic hydroxyl groups is 1. The first-order valence-corrected chi connectivity index (χ1v) is 9.20. The first-order valence-electron chi connectivity index (χ1n) is 7.88. The van der Waals surface area contributed by atoms with Crippen molar-refractivity contribution >= 4 is 39.6 Å². The number of anilines is 1. The molecule has 2 N–H and O–H groups in total. The van der Waals surface area contributed by atoms with Gasteiger partial charge in [-0.1, -0.05) is 17.7 Å². The molecule has 0 spiro atoms. The summed E-state index contributed by atoms with van der Waals surface area (Å²) in [5.41, 5.74) is 2.65. The summed E-state index contributed by atoms with van der Waals surface area (Å²) in [4.78, 5) is 16.6. The Balaban J connectivity index is 1.85. The van der Waals surface area contributed by atoms with Gasteiger partial charge in [0.05, 0.1) is 21.6 Å². The van der Waals surface area contributed by atoms with Gasteiger partial charge in [-0.25, -0.2) is 9.37 Å². The summed E-state index contributed by atoms with van der Waals surface area (Å²) >= 11 is 7.49. The number of nitrogens with one attached hydrogen (secondary N) is 1. The number of halogens is 2. The van der Waals surface area contributed by atoms with Crippen molar-refractivity contribution in [2.75, 3.05) is 5.32 Å². The van der Waals surface area contributed by atoms with E-state index in [1.807, 2.05) is 0 Å². The van der Waals surface area contributed by atoms with Crippen LogP contribution in [0.1, 0.15) is 11.9 Å². The Morgan fingerprint density at radius 2 is 2.11 bits per heavy atom. The highest BCUT2D eigenvalue weighted by Crippen LogP contribution is 2.32. The van der Waals surface area contributed by atoms with E-state index >= 15 is 0 Å². The number of nitrogens with zero attached hydrogens (tertiary/aromatic N) is 1. The first-order chi connectivity index (χ1) is 13.0. The highest BCUT2D eigenvalue weighted by Gasteiger charge is 2.16. The minimum atomic E-state index is -1.08. The SMILES string of the molecule is O=c1cc(-c2cc(F)ccc2Cl)oc2c(NC(O)c3cscn3)cccc12. The zero-order valence-electron chi connectivity index (χ0n) is 13.6. The van der Waals surface area contributed by atoms with Gasteiger partial charge in [-0.2, -0.15) is 0 Å². The second kappa shape index (κ2) is 7.11. The summed E-state index contributed by atoms with van der Waals surface area (Å²) in [6.45, 7) is 0. The average Bonchev–Trinajstić information content (AvgIpc) is 3.19. The molecular weight excluding hydrogens is 391 g/mol. The Morgan fingerprint density at radius 3 is 2.89 bits per heavy atom. The summed E-state index contributed by atoms with van der Waals surface area (Å²) in [5.74, 6) is -0.364. The standard InChI is InChI=1S/C19H12ClFN2O3S/c20-13-5-4-10(21)6-12(13)17-7-16(24)11-2-1-3-14(18(11)26-17)23-19(25)15-8-27-9-22-15/h1-9,19,23,25H. The molecule has 4 rings (SSSR count). The quantitative estimate of drug-likeness (QED) is 0.479. The third-order valence-corrected chi connectivity index (χ3v) is 4.91. The second-order valence-electron chi connectivity index (χ2n) is 5.74. The minimum Gasteiger partial charge on any atom is -0.454 e. The van der Waals surface area contributed by atoms with Crippen LogP contribution in [0.25, 0.3) is 22.3 Å². The van der Waals surface area contributed by atoms with Gasteiger partial charge >= 0.3 is 0 Å². The fourth-order valence-electron chi connectivity index (χ4n) is 2.69. The van der Waals surface area contributed by atoms with Crippen molar-refractivity contribution in [3.8, 4) is 11.3 Å². The van der Waals surface area contributed by atoms with Crippen LogP contribution >= 0.6 is 22.9 Å². The van der Waals surface area contributed by atoms with Crippen molar-refractivity contribution in [1.82, 2.24) is 4.98 Å². The van der Waals surface area contributed by atoms with Crippen LogP contribution in [0.5, 0.6) is 0 Å². The smallest absolute Gasteiger partial charge is 0.193 e. The maximum absolute atomic E-state index is 13.6. The largest absolute Gasteiger partial charge is 0.454 e. The van der Waals surface area contributed by atoms with Gasteiger partial charge in [0.25, 0.3) is 0 Å². The highest BCUT2D eigenvalue weighted by molar-refractivity contribution is 7.07. The Labute approximate surface area is 161 Å². The third kappa shape index (κ3) is 3.44. The number of aliphatic hydroxyl groups excluding tert-OH is 1. The minimum absolute atomic E-state index is 0.134.